The summed E-state index contributed by atoms with van der Waals surface area (Å²) in [6.07, 6.45) is 2.58. The Morgan fingerprint density at radius 1 is 1.43 bits per heavy atom. The maximum absolute atomic E-state index is 12.4. The van der Waals surface area contributed by atoms with E-state index in [0.717, 1.165) is 19.3 Å². The number of hydrogen-bond acceptors (Lipinski definition) is 3. The fourth-order valence-corrected chi connectivity index (χ4v) is 4.22. The van der Waals surface area contributed by atoms with Crippen molar-refractivity contribution >= 4 is 33.5 Å². The maximum atomic E-state index is 12.4. The zero-order chi connectivity index (χ0) is 15.6. The van der Waals surface area contributed by atoms with Crippen LogP contribution in [0.15, 0.2) is 18.2 Å². The molecule has 8 heteroatoms. The van der Waals surface area contributed by atoms with Crippen molar-refractivity contribution in [3.8, 4) is 0 Å². The summed E-state index contributed by atoms with van der Waals surface area (Å²) in [5.41, 5.74) is -0.264. The summed E-state index contributed by atoms with van der Waals surface area (Å²) in [5, 5.41) is 9.17. The molecule has 1 aliphatic heterocycles. The van der Waals surface area contributed by atoms with Crippen molar-refractivity contribution < 1.29 is 18.3 Å². The van der Waals surface area contributed by atoms with E-state index < -0.39 is 16.2 Å². The monoisotopic (exact) mass is 332 g/mol. The van der Waals surface area contributed by atoms with Crippen LogP contribution < -0.4 is 4.72 Å². The lowest BCUT2D eigenvalue weighted by Gasteiger charge is -2.32. The van der Waals surface area contributed by atoms with E-state index in [2.05, 4.69) is 4.72 Å². The van der Waals surface area contributed by atoms with E-state index in [1.54, 1.807) is 0 Å². The molecule has 1 fully saturated rings. The molecule has 0 aliphatic carbocycles. The molecule has 116 valence electrons. The summed E-state index contributed by atoms with van der Waals surface area (Å²) < 4.78 is 28.6. The number of anilines is 1. The van der Waals surface area contributed by atoms with Gasteiger partial charge in [0, 0.05) is 12.6 Å². The number of hydrogen-bond donors (Lipinski definition) is 2. The Kier molecular flexibility index (Phi) is 4.75. The van der Waals surface area contributed by atoms with Crippen LogP contribution in [0.4, 0.5) is 5.69 Å². The van der Waals surface area contributed by atoms with Crippen LogP contribution in [-0.2, 0) is 10.2 Å². The third kappa shape index (κ3) is 3.48. The largest absolute Gasteiger partial charge is 0.478 e. The highest BCUT2D eigenvalue weighted by Gasteiger charge is 2.30. The number of nitrogens with one attached hydrogen (secondary N) is 1. The van der Waals surface area contributed by atoms with Crippen molar-refractivity contribution in [2.24, 2.45) is 0 Å². The van der Waals surface area contributed by atoms with Crippen LogP contribution in [0.5, 0.6) is 0 Å². The van der Waals surface area contributed by atoms with E-state index in [1.165, 1.54) is 22.5 Å². The molecule has 2 N–H and O–H groups in total. The molecule has 2 rings (SSSR count). The number of halogens is 1. The third-order valence-electron chi connectivity index (χ3n) is 3.52. The van der Waals surface area contributed by atoms with Crippen molar-refractivity contribution in [2.45, 2.75) is 32.2 Å². The van der Waals surface area contributed by atoms with Crippen LogP contribution in [-0.4, -0.2) is 36.4 Å². The lowest BCUT2D eigenvalue weighted by atomic mass is 10.1. The first-order valence-electron chi connectivity index (χ1n) is 6.64. The molecule has 1 aromatic carbocycles. The van der Waals surface area contributed by atoms with Gasteiger partial charge in [0.05, 0.1) is 10.7 Å². The lowest BCUT2D eigenvalue weighted by Crippen LogP contribution is -2.45. The predicted molar refractivity (Wildman–Crippen MR) is 81.0 cm³/mol. The predicted octanol–water partition coefficient (Wildman–Crippen LogP) is 2.57. The lowest BCUT2D eigenvalue weighted by molar-refractivity contribution is 0.0698. The molecule has 1 aliphatic rings. The van der Waals surface area contributed by atoms with E-state index in [0.29, 0.717) is 6.54 Å². The van der Waals surface area contributed by atoms with Crippen molar-refractivity contribution in [1.29, 1.82) is 0 Å². The van der Waals surface area contributed by atoms with Gasteiger partial charge in [-0.3, -0.25) is 4.72 Å². The zero-order valence-corrected chi connectivity index (χ0v) is 13.1. The summed E-state index contributed by atoms with van der Waals surface area (Å²) in [7, 11) is -3.80. The molecule has 0 spiro atoms. The van der Waals surface area contributed by atoms with Crippen LogP contribution >= 0.6 is 11.6 Å². The Morgan fingerprint density at radius 2 is 2.14 bits per heavy atom. The molecule has 0 bridgehead atoms. The summed E-state index contributed by atoms with van der Waals surface area (Å²) >= 11 is 5.84. The molecule has 1 atom stereocenters. The van der Waals surface area contributed by atoms with Crippen LogP contribution in [0, 0.1) is 0 Å². The van der Waals surface area contributed by atoms with Gasteiger partial charge in [-0.05, 0) is 31.9 Å². The molecule has 0 amide bonds. The fourth-order valence-electron chi connectivity index (χ4n) is 2.45. The quantitative estimate of drug-likeness (QED) is 0.887. The summed E-state index contributed by atoms with van der Waals surface area (Å²) in [6.45, 7) is 2.27. The summed E-state index contributed by atoms with van der Waals surface area (Å²) in [4.78, 5) is 11.2. The normalized spacial score (nSPS) is 20.2. The molecule has 0 radical (unpaired) electrons. The minimum Gasteiger partial charge on any atom is -0.478 e. The Labute approximate surface area is 128 Å². The van der Waals surface area contributed by atoms with E-state index in [1.807, 2.05) is 6.92 Å². The van der Waals surface area contributed by atoms with Gasteiger partial charge in [-0.2, -0.15) is 12.7 Å². The van der Waals surface area contributed by atoms with Crippen molar-refractivity contribution in [2.75, 3.05) is 11.3 Å². The fraction of sp³-hybridized carbons (Fsp3) is 0.462. The van der Waals surface area contributed by atoms with Gasteiger partial charge in [-0.1, -0.05) is 24.1 Å². The van der Waals surface area contributed by atoms with E-state index in [-0.39, 0.29) is 22.3 Å². The number of aromatic carboxylic acids is 1. The first-order chi connectivity index (χ1) is 9.83. The van der Waals surface area contributed by atoms with Crippen molar-refractivity contribution in [1.82, 2.24) is 4.31 Å². The van der Waals surface area contributed by atoms with Gasteiger partial charge >= 0.3 is 16.2 Å². The van der Waals surface area contributed by atoms with Gasteiger partial charge in [0.15, 0.2) is 0 Å². The number of carbonyl (C=O) groups is 1. The third-order valence-corrected chi connectivity index (χ3v) is 5.47. The van der Waals surface area contributed by atoms with Crippen LogP contribution in [0.25, 0.3) is 0 Å². The summed E-state index contributed by atoms with van der Waals surface area (Å²) in [6, 6.07) is 4.20. The number of piperidine rings is 1. The first kappa shape index (κ1) is 16.1. The zero-order valence-electron chi connectivity index (χ0n) is 11.5. The topological polar surface area (TPSA) is 86.7 Å². The van der Waals surface area contributed by atoms with Crippen LogP contribution in [0.2, 0.25) is 5.02 Å². The van der Waals surface area contributed by atoms with E-state index >= 15 is 0 Å². The molecule has 1 aromatic rings. The second-order valence-electron chi connectivity index (χ2n) is 5.03. The average Bonchev–Trinajstić information content (AvgIpc) is 2.38. The number of nitrogens with zero attached hydrogens (tertiary/aromatic N) is 1. The summed E-state index contributed by atoms with van der Waals surface area (Å²) in [5.74, 6) is -1.27. The Bertz CT molecular complexity index is 648. The van der Waals surface area contributed by atoms with E-state index in [4.69, 9.17) is 11.6 Å². The highest BCUT2D eigenvalue weighted by atomic mass is 35.5. The van der Waals surface area contributed by atoms with Crippen molar-refractivity contribution in [3.63, 3.8) is 0 Å². The molecule has 6 nitrogen and oxygen atoms in total. The highest BCUT2D eigenvalue weighted by Crippen LogP contribution is 2.27. The minimum atomic E-state index is -3.80. The Morgan fingerprint density at radius 3 is 2.76 bits per heavy atom. The second-order valence-corrected chi connectivity index (χ2v) is 7.06. The minimum absolute atomic E-state index is 0.00519. The molecule has 1 heterocycles. The molecular formula is C13H17ClN2O4S. The smallest absolute Gasteiger partial charge is 0.339 e. The standard InChI is InChI=1S/C13H17ClN2O4S/c1-9-5-2-3-8-16(9)21(19,20)15-11-7-4-6-10(14)12(11)13(17)18/h4,6-7,9,15H,2-3,5,8H2,1H3,(H,17,18). The van der Waals surface area contributed by atoms with E-state index in [9.17, 15) is 18.3 Å². The molecule has 0 saturated carbocycles. The Hall–Kier alpha value is -1.31. The van der Waals surface area contributed by atoms with Gasteiger partial charge in [0.2, 0.25) is 0 Å². The number of benzene rings is 1. The number of carboxylic acids is 1. The molecule has 21 heavy (non-hydrogen) atoms. The first-order valence-corrected chi connectivity index (χ1v) is 8.46. The maximum Gasteiger partial charge on any atom is 0.339 e. The molecular weight excluding hydrogens is 316 g/mol. The van der Waals surface area contributed by atoms with Crippen LogP contribution in [0.1, 0.15) is 36.5 Å². The van der Waals surface area contributed by atoms with Crippen LogP contribution in [0.3, 0.4) is 0 Å². The van der Waals surface area contributed by atoms with Gasteiger partial charge in [0.25, 0.3) is 0 Å². The number of carboxylic acid groups (broad SMARTS) is 1. The molecule has 0 aromatic heterocycles. The van der Waals surface area contributed by atoms with Crippen molar-refractivity contribution in [3.05, 3.63) is 28.8 Å². The second kappa shape index (κ2) is 6.21. The number of rotatable bonds is 4. The SMILES string of the molecule is CC1CCCCN1S(=O)(=O)Nc1cccc(Cl)c1C(=O)O. The molecule has 1 unspecified atom stereocenters. The van der Waals surface area contributed by atoms with Gasteiger partial charge in [-0.15, -0.1) is 0 Å². The average molecular weight is 333 g/mol. The highest BCUT2D eigenvalue weighted by molar-refractivity contribution is 7.90. The van der Waals surface area contributed by atoms with Gasteiger partial charge < -0.3 is 5.11 Å². The Balaban J connectivity index is 2.33. The molecule has 1 saturated heterocycles. The van der Waals surface area contributed by atoms with Gasteiger partial charge in [0.1, 0.15) is 5.56 Å². The van der Waals surface area contributed by atoms with Gasteiger partial charge in [-0.25, -0.2) is 4.79 Å².